The van der Waals surface area contributed by atoms with E-state index in [1.54, 1.807) is 42.5 Å². The lowest BCUT2D eigenvalue weighted by atomic mass is 10.1. The largest absolute Gasteiger partial charge is 0.344 e. The van der Waals surface area contributed by atoms with Crippen LogP contribution in [0.25, 0.3) is 0 Å². The second kappa shape index (κ2) is 9.27. The number of halogens is 1. The molecule has 0 atom stereocenters. The Morgan fingerprint density at radius 3 is 2.42 bits per heavy atom. The van der Waals surface area contributed by atoms with E-state index in [0.717, 1.165) is 16.8 Å². The molecule has 0 N–H and O–H groups in total. The molecule has 0 aliphatic rings. The molecule has 0 saturated carbocycles. The van der Waals surface area contributed by atoms with Gasteiger partial charge in [-0.05, 0) is 66.6 Å². The average Bonchev–Trinajstić information content (AvgIpc) is 3.09. The third-order valence-corrected chi connectivity index (χ3v) is 5.80. The van der Waals surface area contributed by atoms with Crippen molar-refractivity contribution < 1.29 is 4.79 Å². The fourth-order valence-corrected chi connectivity index (χ4v) is 3.93. The van der Waals surface area contributed by atoms with Gasteiger partial charge in [-0.25, -0.2) is 4.68 Å². The predicted octanol–water partition coefficient (Wildman–Crippen LogP) is 4.29. The summed E-state index contributed by atoms with van der Waals surface area (Å²) in [5, 5.41) is 14.1. The number of nitriles is 1. The highest BCUT2D eigenvalue weighted by Crippen LogP contribution is 2.21. The highest BCUT2D eigenvalue weighted by molar-refractivity contribution is 6.30. The van der Waals surface area contributed by atoms with Crippen LogP contribution in [0.15, 0.2) is 71.5 Å². The van der Waals surface area contributed by atoms with Crippen LogP contribution < -0.4 is 5.56 Å². The molecule has 33 heavy (non-hydrogen) atoms. The number of benzene rings is 2. The first-order chi connectivity index (χ1) is 15.9. The van der Waals surface area contributed by atoms with E-state index in [0.29, 0.717) is 40.5 Å². The van der Waals surface area contributed by atoms with Gasteiger partial charge in [0.2, 0.25) is 5.78 Å². The third kappa shape index (κ3) is 4.79. The lowest BCUT2D eigenvalue weighted by Crippen LogP contribution is -2.24. The summed E-state index contributed by atoms with van der Waals surface area (Å²) in [4.78, 5) is 25.4. The van der Waals surface area contributed by atoms with Crippen molar-refractivity contribution in [1.29, 1.82) is 5.26 Å². The Hall–Kier alpha value is -3.95. The van der Waals surface area contributed by atoms with Gasteiger partial charge in [-0.1, -0.05) is 23.7 Å². The average molecular weight is 457 g/mol. The number of aryl methyl sites for hydroxylation is 1. The van der Waals surface area contributed by atoms with Crippen molar-refractivity contribution in [3.8, 4) is 6.07 Å². The van der Waals surface area contributed by atoms with E-state index in [9.17, 15) is 9.59 Å². The summed E-state index contributed by atoms with van der Waals surface area (Å²) in [7, 11) is 1.86. The number of ketones is 1. The van der Waals surface area contributed by atoms with Crippen molar-refractivity contribution in [3.05, 3.63) is 121 Å². The van der Waals surface area contributed by atoms with Crippen molar-refractivity contribution in [2.24, 2.45) is 7.05 Å². The topological polar surface area (TPSA) is 80.7 Å². The molecule has 4 rings (SSSR count). The predicted molar refractivity (Wildman–Crippen MR) is 127 cm³/mol. The molecule has 4 aromatic rings. The maximum Gasteiger partial charge on any atom is 0.267 e. The molecule has 0 saturated heterocycles. The summed E-state index contributed by atoms with van der Waals surface area (Å²) in [6.45, 7) is 2.22. The van der Waals surface area contributed by atoms with Crippen LogP contribution in [-0.2, 0) is 20.0 Å². The molecule has 0 fully saturated rings. The summed E-state index contributed by atoms with van der Waals surface area (Å²) < 4.78 is 3.29. The van der Waals surface area contributed by atoms with Gasteiger partial charge in [0, 0.05) is 35.8 Å². The first-order valence-electron chi connectivity index (χ1n) is 10.4. The van der Waals surface area contributed by atoms with Gasteiger partial charge in [0.25, 0.3) is 5.56 Å². The second-order valence-corrected chi connectivity index (χ2v) is 8.30. The molecular formula is C26H21ClN4O2. The van der Waals surface area contributed by atoms with Crippen LogP contribution in [-0.4, -0.2) is 20.1 Å². The van der Waals surface area contributed by atoms with E-state index in [1.807, 2.05) is 36.7 Å². The highest BCUT2D eigenvalue weighted by atomic mass is 35.5. The quantitative estimate of drug-likeness (QED) is 0.405. The highest BCUT2D eigenvalue weighted by Gasteiger charge is 2.19. The van der Waals surface area contributed by atoms with Gasteiger partial charge >= 0.3 is 0 Å². The van der Waals surface area contributed by atoms with Crippen LogP contribution in [0.1, 0.15) is 44.1 Å². The van der Waals surface area contributed by atoms with Crippen molar-refractivity contribution in [2.75, 3.05) is 0 Å². The van der Waals surface area contributed by atoms with Crippen molar-refractivity contribution in [1.82, 2.24) is 14.3 Å². The van der Waals surface area contributed by atoms with Crippen LogP contribution in [0.2, 0.25) is 5.02 Å². The van der Waals surface area contributed by atoms with Crippen LogP contribution in [0, 0.1) is 18.3 Å². The zero-order valence-corrected chi connectivity index (χ0v) is 19.0. The van der Waals surface area contributed by atoms with Crippen LogP contribution >= 0.6 is 11.6 Å². The number of aromatic nitrogens is 3. The number of carbonyl (C=O) groups is 1. The molecule has 0 radical (unpaired) electrons. The Labute approximate surface area is 196 Å². The molecule has 2 aromatic heterocycles. The number of hydrogen-bond donors (Lipinski definition) is 0. The number of rotatable bonds is 6. The van der Waals surface area contributed by atoms with E-state index in [-0.39, 0.29) is 11.3 Å². The fraction of sp³-hybridized carbons (Fsp3) is 0.154. The lowest BCUT2D eigenvalue weighted by molar-refractivity contribution is 0.103. The third-order valence-electron chi connectivity index (χ3n) is 5.54. The van der Waals surface area contributed by atoms with Gasteiger partial charge < -0.3 is 4.57 Å². The van der Waals surface area contributed by atoms with Gasteiger partial charge in [-0.15, -0.1) is 0 Å². The molecule has 6 nitrogen and oxygen atoms in total. The summed E-state index contributed by atoms with van der Waals surface area (Å²) >= 11 is 5.95. The van der Waals surface area contributed by atoms with Crippen LogP contribution in [0.5, 0.6) is 0 Å². The Balaban J connectivity index is 1.59. The molecule has 0 unspecified atom stereocenters. The Morgan fingerprint density at radius 2 is 1.76 bits per heavy atom. The van der Waals surface area contributed by atoms with Gasteiger partial charge in [-0.3, -0.25) is 9.59 Å². The van der Waals surface area contributed by atoms with E-state index in [2.05, 4.69) is 11.2 Å². The van der Waals surface area contributed by atoms with Crippen molar-refractivity contribution >= 4 is 17.4 Å². The van der Waals surface area contributed by atoms with Crippen molar-refractivity contribution in [3.63, 3.8) is 0 Å². The van der Waals surface area contributed by atoms with Gasteiger partial charge in [-0.2, -0.15) is 10.4 Å². The number of hydrogen-bond acceptors (Lipinski definition) is 4. The number of nitrogens with zero attached hydrogens (tertiary/aromatic N) is 4. The molecular weight excluding hydrogens is 436 g/mol. The number of carbonyl (C=O) groups excluding carboxylic acids is 1. The first-order valence-corrected chi connectivity index (χ1v) is 10.7. The maximum absolute atomic E-state index is 13.1. The Kier molecular flexibility index (Phi) is 6.25. The van der Waals surface area contributed by atoms with E-state index < -0.39 is 0 Å². The molecule has 0 bridgehead atoms. The fourth-order valence-electron chi connectivity index (χ4n) is 3.80. The normalized spacial score (nSPS) is 10.7. The molecule has 2 heterocycles. The summed E-state index contributed by atoms with van der Waals surface area (Å²) in [5.41, 5.74) is 4.93. The smallest absolute Gasteiger partial charge is 0.267 e. The molecule has 164 valence electrons. The molecule has 0 aliphatic heterocycles. The molecule has 0 aliphatic carbocycles. The SMILES string of the molecule is Cc1cc(Cc2ccc(=O)n(Cc3ccc(C#N)cc3)n2)n(C)c1C(=O)c1ccc(Cl)cc1. The second-order valence-electron chi connectivity index (χ2n) is 7.87. The lowest BCUT2D eigenvalue weighted by Gasteiger charge is -2.10. The minimum atomic E-state index is -0.204. The Bertz CT molecular complexity index is 1430. The Morgan fingerprint density at radius 1 is 1.06 bits per heavy atom. The molecule has 7 heteroatoms. The maximum atomic E-state index is 13.1. The summed E-state index contributed by atoms with van der Waals surface area (Å²) in [5.74, 6) is -0.0725. The van der Waals surface area contributed by atoms with Crippen LogP contribution in [0.3, 0.4) is 0 Å². The monoisotopic (exact) mass is 456 g/mol. The standard InChI is InChI=1S/C26H21ClN4O2/c1-17-13-23(30(2)25(17)26(33)20-7-9-21(27)10-8-20)14-22-11-12-24(32)31(29-22)16-19-5-3-18(15-28)4-6-19/h3-13H,14,16H2,1-2H3. The molecule has 0 spiro atoms. The summed E-state index contributed by atoms with van der Waals surface area (Å²) in [6.07, 6.45) is 0.471. The van der Waals surface area contributed by atoms with Gasteiger partial charge in [0.1, 0.15) is 0 Å². The zero-order valence-electron chi connectivity index (χ0n) is 18.2. The van der Waals surface area contributed by atoms with Gasteiger partial charge in [0.05, 0.1) is 29.6 Å². The van der Waals surface area contributed by atoms with E-state index in [4.69, 9.17) is 16.9 Å². The van der Waals surface area contributed by atoms with E-state index in [1.165, 1.54) is 10.7 Å². The minimum Gasteiger partial charge on any atom is -0.344 e. The van der Waals surface area contributed by atoms with Crippen molar-refractivity contribution in [2.45, 2.75) is 19.9 Å². The van der Waals surface area contributed by atoms with E-state index >= 15 is 0 Å². The first kappa shape index (κ1) is 22.3. The van der Waals surface area contributed by atoms with Gasteiger partial charge in [0.15, 0.2) is 0 Å². The molecule has 0 amide bonds. The summed E-state index contributed by atoms with van der Waals surface area (Å²) in [6, 6.07) is 21.2. The zero-order chi connectivity index (χ0) is 23.5. The minimum absolute atomic E-state index is 0.0725. The van der Waals surface area contributed by atoms with Crippen LogP contribution in [0.4, 0.5) is 0 Å². The molecule has 2 aromatic carbocycles.